The maximum absolute atomic E-state index is 13.8. The predicted molar refractivity (Wildman–Crippen MR) is 109 cm³/mol. The van der Waals surface area contributed by atoms with Crippen LogP contribution in [0.25, 0.3) is 0 Å². The first-order valence-corrected chi connectivity index (χ1v) is 10.1. The summed E-state index contributed by atoms with van der Waals surface area (Å²) in [6, 6.07) is 20.7. The van der Waals surface area contributed by atoms with E-state index in [0.29, 0.717) is 6.54 Å². The van der Waals surface area contributed by atoms with Gasteiger partial charge in [0, 0.05) is 11.4 Å². The van der Waals surface area contributed by atoms with Crippen molar-refractivity contribution in [2.75, 3.05) is 13.7 Å². The van der Waals surface area contributed by atoms with Crippen LogP contribution in [0.5, 0.6) is 0 Å². The van der Waals surface area contributed by atoms with Crippen LogP contribution < -0.4 is 0 Å². The minimum atomic E-state index is -0.692. The number of carbonyl (C=O) groups is 2. The Bertz CT molecular complexity index is 928. The monoisotopic (exact) mass is 391 g/mol. The Kier molecular flexibility index (Phi) is 5.26. The third kappa shape index (κ3) is 3.34. The van der Waals surface area contributed by atoms with Gasteiger partial charge in [-0.2, -0.15) is 0 Å². The van der Waals surface area contributed by atoms with Crippen LogP contribution in [0.1, 0.15) is 33.5 Å². The number of carbonyl (C=O) groups excluding carboxylic acids is 2. The van der Waals surface area contributed by atoms with Crippen LogP contribution in [-0.2, 0) is 20.7 Å². The summed E-state index contributed by atoms with van der Waals surface area (Å²) >= 11 is 1.63. The molecule has 0 bridgehead atoms. The van der Waals surface area contributed by atoms with Gasteiger partial charge in [-0.15, -0.1) is 11.3 Å². The largest absolute Gasteiger partial charge is 0.467 e. The average Bonchev–Trinajstić information content (AvgIpc) is 3.23. The van der Waals surface area contributed by atoms with Gasteiger partial charge in [0.1, 0.15) is 0 Å². The molecule has 1 aliphatic heterocycles. The molecule has 0 aliphatic carbocycles. The quantitative estimate of drug-likeness (QED) is 0.627. The van der Waals surface area contributed by atoms with Crippen LogP contribution >= 0.6 is 11.3 Å². The normalized spacial score (nSPS) is 15.9. The molecule has 0 saturated heterocycles. The number of benzene rings is 2. The van der Waals surface area contributed by atoms with Gasteiger partial charge < -0.3 is 9.64 Å². The lowest BCUT2D eigenvalue weighted by Gasteiger charge is -2.36. The summed E-state index contributed by atoms with van der Waals surface area (Å²) in [6.45, 7) is 0.502. The number of rotatable bonds is 4. The molecule has 28 heavy (non-hydrogen) atoms. The molecule has 4 nitrogen and oxygen atoms in total. The molecular formula is C23H21NO3S. The Morgan fingerprint density at radius 2 is 1.61 bits per heavy atom. The third-order valence-electron chi connectivity index (χ3n) is 5.19. The lowest BCUT2D eigenvalue weighted by Crippen LogP contribution is -2.45. The SMILES string of the molecule is COC(=O)C1c2ccsc2CCN1C(=O)C(c1ccccc1)c1ccccc1. The molecule has 3 aromatic rings. The average molecular weight is 391 g/mol. The Balaban J connectivity index is 1.77. The molecule has 0 saturated carbocycles. The van der Waals surface area contributed by atoms with Crippen molar-refractivity contribution in [2.45, 2.75) is 18.4 Å². The summed E-state index contributed by atoms with van der Waals surface area (Å²) < 4.78 is 5.06. The number of hydrogen-bond acceptors (Lipinski definition) is 4. The van der Waals surface area contributed by atoms with E-state index in [1.165, 1.54) is 7.11 Å². The molecule has 2 aromatic carbocycles. The summed E-state index contributed by atoms with van der Waals surface area (Å²) in [5.74, 6) is -0.938. The summed E-state index contributed by atoms with van der Waals surface area (Å²) in [6.07, 6.45) is 0.753. The molecule has 1 atom stereocenters. The minimum absolute atomic E-state index is 0.0790. The smallest absolute Gasteiger partial charge is 0.333 e. The number of hydrogen-bond donors (Lipinski definition) is 0. The van der Waals surface area contributed by atoms with Crippen LogP contribution in [0.2, 0.25) is 0 Å². The second-order valence-electron chi connectivity index (χ2n) is 6.76. The Morgan fingerprint density at radius 1 is 1.00 bits per heavy atom. The highest BCUT2D eigenvalue weighted by Gasteiger charge is 2.40. The number of ether oxygens (including phenoxy) is 1. The molecule has 5 heteroatoms. The van der Waals surface area contributed by atoms with Crippen molar-refractivity contribution >= 4 is 23.2 Å². The highest BCUT2D eigenvalue weighted by Crippen LogP contribution is 2.37. The fraction of sp³-hybridized carbons (Fsp3) is 0.217. The number of fused-ring (bicyclic) bond motifs is 1. The van der Waals surface area contributed by atoms with Crippen molar-refractivity contribution in [1.29, 1.82) is 0 Å². The highest BCUT2D eigenvalue weighted by molar-refractivity contribution is 7.10. The van der Waals surface area contributed by atoms with Gasteiger partial charge in [0.05, 0.1) is 13.0 Å². The van der Waals surface area contributed by atoms with Crippen LogP contribution in [0.15, 0.2) is 72.1 Å². The molecule has 0 spiro atoms. The number of thiophene rings is 1. The van der Waals surface area contributed by atoms with Crippen molar-refractivity contribution in [1.82, 2.24) is 4.90 Å². The molecule has 1 aliphatic rings. The minimum Gasteiger partial charge on any atom is -0.467 e. The summed E-state index contributed by atoms with van der Waals surface area (Å²) in [4.78, 5) is 29.2. The van der Waals surface area contributed by atoms with Gasteiger partial charge in [0.25, 0.3) is 0 Å². The first-order chi connectivity index (χ1) is 13.7. The van der Waals surface area contributed by atoms with Crippen LogP contribution in [0, 0.1) is 0 Å². The molecule has 0 fully saturated rings. The number of esters is 1. The van der Waals surface area contributed by atoms with Crippen LogP contribution in [-0.4, -0.2) is 30.4 Å². The molecule has 142 valence electrons. The standard InChI is InChI=1S/C23H21NO3S/c1-27-23(26)21-18-13-15-28-19(18)12-14-24(21)22(25)20(16-8-4-2-5-9-16)17-10-6-3-7-11-17/h2-11,13,15,20-21H,12,14H2,1H3. The van der Waals surface area contributed by atoms with Gasteiger partial charge in [-0.25, -0.2) is 4.79 Å². The van der Waals surface area contributed by atoms with E-state index in [2.05, 4.69) is 0 Å². The summed E-state index contributed by atoms with van der Waals surface area (Å²) in [5, 5.41) is 1.97. The van der Waals surface area contributed by atoms with Crippen molar-refractivity contribution in [3.05, 3.63) is 93.7 Å². The molecule has 1 unspecified atom stereocenters. The lowest BCUT2D eigenvalue weighted by molar-refractivity contribution is -0.154. The zero-order chi connectivity index (χ0) is 19.5. The maximum Gasteiger partial charge on any atom is 0.333 e. The van der Waals surface area contributed by atoms with Gasteiger partial charge in [-0.1, -0.05) is 60.7 Å². The van der Waals surface area contributed by atoms with Crippen LogP contribution in [0.3, 0.4) is 0 Å². The predicted octanol–water partition coefficient (Wildman–Crippen LogP) is 4.18. The second kappa shape index (κ2) is 7.98. The van der Waals surface area contributed by atoms with E-state index in [0.717, 1.165) is 28.0 Å². The molecule has 1 amide bonds. The second-order valence-corrected chi connectivity index (χ2v) is 7.76. The molecular weight excluding hydrogens is 370 g/mol. The van der Waals surface area contributed by atoms with Gasteiger partial charge >= 0.3 is 5.97 Å². The van der Waals surface area contributed by atoms with E-state index >= 15 is 0 Å². The van der Waals surface area contributed by atoms with E-state index in [9.17, 15) is 9.59 Å². The fourth-order valence-corrected chi connectivity index (χ4v) is 4.76. The summed E-state index contributed by atoms with van der Waals surface area (Å²) in [7, 11) is 1.37. The van der Waals surface area contributed by atoms with Gasteiger partial charge in [0.2, 0.25) is 5.91 Å². The van der Waals surface area contributed by atoms with Crippen molar-refractivity contribution < 1.29 is 14.3 Å². The topological polar surface area (TPSA) is 46.6 Å². The molecule has 0 N–H and O–H groups in total. The zero-order valence-corrected chi connectivity index (χ0v) is 16.4. The molecule has 0 radical (unpaired) electrons. The van der Waals surface area contributed by atoms with E-state index < -0.39 is 17.9 Å². The highest BCUT2D eigenvalue weighted by atomic mass is 32.1. The van der Waals surface area contributed by atoms with E-state index in [-0.39, 0.29) is 5.91 Å². The maximum atomic E-state index is 13.8. The van der Waals surface area contributed by atoms with Crippen molar-refractivity contribution in [2.24, 2.45) is 0 Å². The number of nitrogens with zero attached hydrogens (tertiary/aromatic N) is 1. The van der Waals surface area contributed by atoms with Gasteiger partial charge in [-0.3, -0.25) is 4.79 Å². The fourth-order valence-electron chi connectivity index (χ4n) is 3.85. The van der Waals surface area contributed by atoms with Gasteiger partial charge in [0.15, 0.2) is 6.04 Å². The molecule has 2 heterocycles. The zero-order valence-electron chi connectivity index (χ0n) is 15.6. The number of methoxy groups -OCH3 is 1. The third-order valence-corrected chi connectivity index (χ3v) is 6.18. The first kappa shape index (κ1) is 18.4. The van der Waals surface area contributed by atoms with E-state index in [1.807, 2.05) is 72.1 Å². The first-order valence-electron chi connectivity index (χ1n) is 9.25. The van der Waals surface area contributed by atoms with Crippen LogP contribution in [0.4, 0.5) is 0 Å². The molecule has 4 rings (SSSR count). The summed E-state index contributed by atoms with van der Waals surface area (Å²) in [5.41, 5.74) is 2.72. The molecule has 1 aromatic heterocycles. The van der Waals surface area contributed by atoms with Gasteiger partial charge in [-0.05, 0) is 34.6 Å². The lowest BCUT2D eigenvalue weighted by atomic mass is 9.88. The Labute approximate surface area is 168 Å². The van der Waals surface area contributed by atoms with Crippen molar-refractivity contribution in [3.63, 3.8) is 0 Å². The van der Waals surface area contributed by atoms with Crippen molar-refractivity contribution in [3.8, 4) is 0 Å². The Morgan fingerprint density at radius 3 is 2.18 bits per heavy atom. The van der Waals surface area contributed by atoms with E-state index in [1.54, 1.807) is 16.2 Å². The Hall–Kier alpha value is -2.92. The van der Waals surface area contributed by atoms with E-state index in [4.69, 9.17) is 4.74 Å². The number of amides is 1.